The Labute approximate surface area is 285 Å². The fourth-order valence-electron chi connectivity index (χ4n) is 5.00. The molecule has 0 bridgehead atoms. The molecule has 1 fully saturated rings. The van der Waals surface area contributed by atoms with Gasteiger partial charge in [0.15, 0.2) is 0 Å². The van der Waals surface area contributed by atoms with E-state index in [0.717, 1.165) is 16.7 Å². The highest BCUT2D eigenvalue weighted by atomic mass is 32.2. The highest BCUT2D eigenvalue weighted by molar-refractivity contribution is 7.87. The summed E-state index contributed by atoms with van der Waals surface area (Å²) in [6, 6.07) is 19.4. The van der Waals surface area contributed by atoms with Crippen molar-refractivity contribution in [2.75, 3.05) is 78.7 Å². The van der Waals surface area contributed by atoms with Crippen LogP contribution in [0.3, 0.4) is 0 Å². The predicted octanol–water partition coefficient (Wildman–Crippen LogP) is 3.05. The molecule has 15 heteroatoms. The Morgan fingerprint density at radius 2 is 0.625 bits per heavy atom. The molecule has 264 valence electrons. The van der Waals surface area contributed by atoms with Crippen LogP contribution in [0.1, 0.15) is 16.7 Å². The molecular formula is C33H45N3O9S3. The van der Waals surface area contributed by atoms with Crippen molar-refractivity contribution in [3.63, 3.8) is 0 Å². The molecule has 0 unspecified atom stereocenters. The molecule has 0 aliphatic carbocycles. The smallest absolute Gasteiger partial charge is 0.297 e. The molecule has 0 aromatic heterocycles. The lowest BCUT2D eigenvalue weighted by molar-refractivity contribution is 0.174. The van der Waals surface area contributed by atoms with Gasteiger partial charge in [-0.25, -0.2) is 0 Å². The van der Waals surface area contributed by atoms with E-state index in [1.165, 1.54) is 36.4 Å². The molecule has 1 aliphatic rings. The maximum atomic E-state index is 12.7. The van der Waals surface area contributed by atoms with Gasteiger partial charge in [-0.1, -0.05) is 53.1 Å². The molecule has 0 N–H and O–H groups in total. The second kappa shape index (κ2) is 17.3. The summed E-state index contributed by atoms with van der Waals surface area (Å²) in [6.07, 6.45) is 0. The first-order valence-corrected chi connectivity index (χ1v) is 20.0. The van der Waals surface area contributed by atoms with E-state index in [2.05, 4.69) is 14.7 Å². The number of benzene rings is 3. The summed E-state index contributed by atoms with van der Waals surface area (Å²) in [4.78, 5) is 6.50. The lowest BCUT2D eigenvalue weighted by atomic mass is 10.2. The van der Waals surface area contributed by atoms with E-state index in [-0.39, 0.29) is 34.5 Å². The van der Waals surface area contributed by atoms with E-state index in [1.807, 2.05) is 20.8 Å². The summed E-state index contributed by atoms with van der Waals surface area (Å²) in [6.45, 7) is 9.93. The van der Waals surface area contributed by atoms with Gasteiger partial charge in [-0.3, -0.25) is 27.2 Å². The third kappa shape index (κ3) is 11.7. The Morgan fingerprint density at radius 3 is 0.833 bits per heavy atom. The standard InChI is InChI=1S/C33H45N3O9S3/c1-28-4-10-31(11-5-28)46(37,38)43-25-22-34-16-18-35(23-26-44-47(39,40)32-12-6-29(2)7-13-32)20-21-36(19-17-34)24-27-45-48(41,42)33-14-8-30(3)9-15-33/h4-15H,16-27H2,1-3H3. The van der Waals surface area contributed by atoms with E-state index in [1.54, 1.807) is 36.4 Å². The minimum atomic E-state index is -3.92. The van der Waals surface area contributed by atoms with Crippen LogP contribution in [0.15, 0.2) is 87.5 Å². The Balaban J connectivity index is 1.37. The van der Waals surface area contributed by atoms with E-state index < -0.39 is 30.4 Å². The van der Waals surface area contributed by atoms with Crippen LogP contribution in [0.25, 0.3) is 0 Å². The Morgan fingerprint density at radius 1 is 0.417 bits per heavy atom. The van der Waals surface area contributed by atoms with Crippen LogP contribution in [0, 0.1) is 20.8 Å². The van der Waals surface area contributed by atoms with Gasteiger partial charge in [-0.05, 0) is 57.2 Å². The molecule has 0 spiro atoms. The van der Waals surface area contributed by atoms with E-state index >= 15 is 0 Å². The first-order chi connectivity index (χ1) is 22.7. The average molecular weight is 724 g/mol. The van der Waals surface area contributed by atoms with Crippen LogP contribution < -0.4 is 0 Å². The first-order valence-electron chi connectivity index (χ1n) is 15.8. The molecule has 0 atom stereocenters. The van der Waals surface area contributed by atoms with E-state index in [9.17, 15) is 25.3 Å². The topological polar surface area (TPSA) is 140 Å². The van der Waals surface area contributed by atoms with Crippen LogP contribution in [0.2, 0.25) is 0 Å². The van der Waals surface area contributed by atoms with Gasteiger partial charge in [0.05, 0.1) is 34.5 Å². The minimum Gasteiger partial charge on any atom is -0.298 e. The molecular weight excluding hydrogens is 679 g/mol. The lowest BCUT2D eigenvalue weighted by Gasteiger charge is -2.25. The molecule has 4 rings (SSSR count). The van der Waals surface area contributed by atoms with Crippen LogP contribution in [-0.4, -0.2) is 119 Å². The van der Waals surface area contributed by atoms with Gasteiger partial charge in [0.25, 0.3) is 30.4 Å². The van der Waals surface area contributed by atoms with Crippen molar-refractivity contribution in [1.82, 2.24) is 14.7 Å². The van der Waals surface area contributed by atoms with Crippen molar-refractivity contribution in [3.05, 3.63) is 89.5 Å². The van der Waals surface area contributed by atoms with Gasteiger partial charge in [0.1, 0.15) is 0 Å². The molecule has 0 radical (unpaired) electrons. The maximum Gasteiger partial charge on any atom is 0.297 e. The number of rotatable bonds is 15. The Kier molecular flexibility index (Phi) is 13.7. The first kappa shape index (κ1) is 38.1. The second-order valence-electron chi connectivity index (χ2n) is 11.8. The molecule has 1 aliphatic heterocycles. The van der Waals surface area contributed by atoms with Gasteiger partial charge >= 0.3 is 0 Å². The highest BCUT2D eigenvalue weighted by Crippen LogP contribution is 2.16. The van der Waals surface area contributed by atoms with Crippen molar-refractivity contribution in [3.8, 4) is 0 Å². The molecule has 48 heavy (non-hydrogen) atoms. The third-order valence-corrected chi connectivity index (χ3v) is 12.0. The van der Waals surface area contributed by atoms with Crippen molar-refractivity contribution < 1.29 is 37.8 Å². The SMILES string of the molecule is Cc1ccc(S(=O)(=O)OCCN2CCN(CCOS(=O)(=O)c3ccc(C)cc3)CCN(CCOS(=O)(=O)c3ccc(C)cc3)CC2)cc1. The summed E-state index contributed by atoms with van der Waals surface area (Å²) in [7, 11) is -11.8. The Bertz CT molecular complexity index is 1560. The largest absolute Gasteiger partial charge is 0.298 e. The quantitative estimate of drug-likeness (QED) is 0.213. The number of nitrogens with zero attached hydrogens (tertiary/aromatic N) is 3. The van der Waals surface area contributed by atoms with Crippen LogP contribution in [0.5, 0.6) is 0 Å². The molecule has 12 nitrogen and oxygen atoms in total. The zero-order valence-corrected chi connectivity index (χ0v) is 30.1. The van der Waals surface area contributed by atoms with Gasteiger partial charge in [0, 0.05) is 58.9 Å². The summed E-state index contributed by atoms with van der Waals surface area (Å²) < 4.78 is 92.4. The fourth-order valence-corrected chi connectivity index (χ4v) is 7.70. The summed E-state index contributed by atoms with van der Waals surface area (Å²) in [5.74, 6) is 0. The third-order valence-electron chi connectivity index (χ3n) is 8.06. The van der Waals surface area contributed by atoms with Crippen molar-refractivity contribution in [1.29, 1.82) is 0 Å². The van der Waals surface area contributed by atoms with Crippen molar-refractivity contribution in [2.45, 2.75) is 35.5 Å². The van der Waals surface area contributed by atoms with Crippen LogP contribution in [-0.2, 0) is 42.9 Å². The predicted molar refractivity (Wildman–Crippen MR) is 182 cm³/mol. The number of hydrogen-bond donors (Lipinski definition) is 0. The molecule has 1 saturated heterocycles. The summed E-state index contributed by atoms with van der Waals surface area (Å²) in [5.41, 5.74) is 2.82. The zero-order chi connectivity index (χ0) is 34.8. The zero-order valence-electron chi connectivity index (χ0n) is 27.7. The highest BCUT2D eigenvalue weighted by Gasteiger charge is 2.22. The molecule has 0 saturated carbocycles. The van der Waals surface area contributed by atoms with Gasteiger partial charge < -0.3 is 0 Å². The van der Waals surface area contributed by atoms with Crippen LogP contribution in [0.4, 0.5) is 0 Å². The van der Waals surface area contributed by atoms with Gasteiger partial charge in [-0.15, -0.1) is 0 Å². The van der Waals surface area contributed by atoms with Crippen LogP contribution >= 0.6 is 0 Å². The van der Waals surface area contributed by atoms with Gasteiger partial charge in [-0.2, -0.15) is 25.3 Å². The lowest BCUT2D eigenvalue weighted by Crippen LogP contribution is -2.39. The fraction of sp³-hybridized carbons (Fsp3) is 0.455. The van der Waals surface area contributed by atoms with Gasteiger partial charge in [0.2, 0.25) is 0 Å². The normalized spacial score (nSPS) is 16.3. The summed E-state index contributed by atoms with van der Waals surface area (Å²) in [5, 5.41) is 0. The van der Waals surface area contributed by atoms with E-state index in [0.29, 0.717) is 58.9 Å². The van der Waals surface area contributed by atoms with Crippen molar-refractivity contribution >= 4 is 30.4 Å². The maximum absolute atomic E-state index is 12.7. The minimum absolute atomic E-state index is 0.0496. The monoisotopic (exact) mass is 723 g/mol. The molecule has 1 heterocycles. The number of aryl methyl sites for hydroxylation is 3. The average Bonchev–Trinajstić information content (AvgIpc) is 3.12. The molecule has 3 aromatic carbocycles. The second-order valence-corrected chi connectivity index (χ2v) is 16.6. The van der Waals surface area contributed by atoms with Crippen molar-refractivity contribution in [2.24, 2.45) is 0 Å². The molecule has 0 amide bonds. The molecule has 3 aromatic rings. The summed E-state index contributed by atoms with van der Waals surface area (Å²) >= 11 is 0. The number of hydrogen-bond acceptors (Lipinski definition) is 12. The van der Waals surface area contributed by atoms with E-state index in [4.69, 9.17) is 12.5 Å². The Hall–Kier alpha value is -2.73.